The molecule has 0 aromatic carbocycles. The second-order valence-electron chi connectivity index (χ2n) is 11.5. The van der Waals surface area contributed by atoms with Gasteiger partial charge < -0.3 is 19.5 Å². The maximum atomic E-state index is 12.2. The third kappa shape index (κ3) is 17.6. The summed E-state index contributed by atoms with van der Waals surface area (Å²) in [7, 11) is 0. The lowest BCUT2D eigenvalue weighted by Crippen LogP contribution is -2.47. The summed E-state index contributed by atoms with van der Waals surface area (Å²) in [6, 6.07) is 0.0912. The number of amides is 1. The molecule has 1 saturated carbocycles. The number of nitrogens with one attached hydrogen (secondary N) is 1. The summed E-state index contributed by atoms with van der Waals surface area (Å²) in [5.74, 6) is 0.704. The van der Waals surface area contributed by atoms with Gasteiger partial charge in [0.15, 0.2) is 0 Å². The SMILES string of the molecule is CCCCCCCCC(CCCCCCCC)COC(=O)OCC1CC(NC(=O)OC(C)(C)C)C1. The van der Waals surface area contributed by atoms with Crippen LogP contribution in [0, 0.1) is 11.8 Å². The molecule has 0 radical (unpaired) electrons. The van der Waals surface area contributed by atoms with Crippen molar-refractivity contribution in [3.8, 4) is 0 Å². The fourth-order valence-corrected chi connectivity index (χ4v) is 4.62. The number of carbonyl (C=O) groups is 2. The first kappa shape index (κ1) is 31.6. The Morgan fingerprint density at radius 3 is 1.83 bits per heavy atom. The second kappa shape index (κ2) is 18.8. The summed E-state index contributed by atoms with van der Waals surface area (Å²) < 4.78 is 16.2. The van der Waals surface area contributed by atoms with E-state index in [0.29, 0.717) is 19.1 Å². The minimum Gasteiger partial charge on any atom is -0.444 e. The van der Waals surface area contributed by atoms with Crippen molar-refractivity contribution in [2.75, 3.05) is 13.2 Å². The average Bonchev–Trinajstić information content (AvgIpc) is 2.76. The van der Waals surface area contributed by atoms with Crippen LogP contribution >= 0.6 is 0 Å². The molecule has 35 heavy (non-hydrogen) atoms. The fraction of sp³-hybridized carbons (Fsp3) is 0.931. The van der Waals surface area contributed by atoms with Crippen LogP contribution in [0.25, 0.3) is 0 Å². The van der Waals surface area contributed by atoms with E-state index in [0.717, 1.165) is 25.7 Å². The molecule has 0 aromatic heterocycles. The van der Waals surface area contributed by atoms with Crippen LogP contribution in [-0.2, 0) is 14.2 Å². The van der Waals surface area contributed by atoms with E-state index in [4.69, 9.17) is 14.2 Å². The summed E-state index contributed by atoms with van der Waals surface area (Å²) in [6.45, 7) is 10.9. The highest BCUT2D eigenvalue weighted by Gasteiger charge is 2.32. The van der Waals surface area contributed by atoms with Crippen LogP contribution in [0.3, 0.4) is 0 Å². The Bertz CT molecular complexity index is 538. The van der Waals surface area contributed by atoms with Crippen molar-refractivity contribution in [3.05, 3.63) is 0 Å². The van der Waals surface area contributed by atoms with Crippen molar-refractivity contribution in [2.24, 2.45) is 11.8 Å². The van der Waals surface area contributed by atoms with Crippen molar-refractivity contribution < 1.29 is 23.8 Å². The molecule has 0 unspecified atom stereocenters. The zero-order valence-corrected chi connectivity index (χ0v) is 23.5. The zero-order chi connectivity index (χ0) is 25.9. The maximum absolute atomic E-state index is 12.2. The molecular formula is C29H55NO5. The van der Waals surface area contributed by atoms with Crippen LogP contribution in [0.2, 0.25) is 0 Å². The Labute approximate surface area is 215 Å². The lowest BCUT2D eigenvalue weighted by Gasteiger charge is -2.35. The summed E-state index contributed by atoms with van der Waals surface area (Å²) in [5, 5.41) is 2.87. The smallest absolute Gasteiger partial charge is 0.444 e. The third-order valence-corrected chi connectivity index (χ3v) is 6.76. The molecule has 6 nitrogen and oxygen atoms in total. The predicted molar refractivity (Wildman–Crippen MR) is 143 cm³/mol. The summed E-state index contributed by atoms with van der Waals surface area (Å²) in [6.07, 6.45) is 18.4. The lowest BCUT2D eigenvalue weighted by molar-refractivity contribution is 0.0141. The molecule has 1 N–H and O–H groups in total. The minimum absolute atomic E-state index is 0.0912. The van der Waals surface area contributed by atoms with Gasteiger partial charge in [-0.3, -0.25) is 0 Å². The van der Waals surface area contributed by atoms with Crippen LogP contribution in [-0.4, -0.2) is 37.1 Å². The summed E-state index contributed by atoms with van der Waals surface area (Å²) in [5.41, 5.74) is -0.498. The standard InChI is InChI=1S/C29H55NO5/c1-6-8-10-12-14-16-18-24(19-17-15-13-11-9-7-2)22-33-28(32)34-23-25-20-26(21-25)30-27(31)35-29(3,4)5/h24-26H,6-23H2,1-5H3,(H,30,31). The van der Waals surface area contributed by atoms with Gasteiger partial charge in [0.05, 0.1) is 13.2 Å². The highest BCUT2D eigenvalue weighted by molar-refractivity contribution is 5.68. The van der Waals surface area contributed by atoms with Gasteiger partial charge in [-0.25, -0.2) is 9.59 Å². The number of ether oxygens (including phenoxy) is 3. The first-order chi connectivity index (χ1) is 16.7. The van der Waals surface area contributed by atoms with Crippen LogP contribution in [0.4, 0.5) is 9.59 Å². The van der Waals surface area contributed by atoms with Crippen LogP contribution in [0.5, 0.6) is 0 Å². The number of unbranched alkanes of at least 4 members (excludes halogenated alkanes) is 10. The van der Waals surface area contributed by atoms with Gasteiger partial charge in [-0.15, -0.1) is 0 Å². The van der Waals surface area contributed by atoms with Gasteiger partial charge in [-0.05, 0) is 58.3 Å². The molecule has 0 spiro atoms. The van der Waals surface area contributed by atoms with Crippen molar-refractivity contribution in [1.82, 2.24) is 5.32 Å². The largest absolute Gasteiger partial charge is 0.508 e. The van der Waals surface area contributed by atoms with Crippen molar-refractivity contribution in [1.29, 1.82) is 0 Å². The number of hydrogen-bond acceptors (Lipinski definition) is 5. The predicted octanol–water partition coefficient (Wildman–Crippen LogP) is 8.56. The van der Waals surface area contributed by atoms with Crippen LogP contribution < -0.4 is 5.32 Å². The molecular weight excluding hydrogens is 442 g/mol. The van der Waals surface area contributed by atoms with Crippen LogP contribution in [0.1, 0.15) is 137 Å². The lowest BCUT2D eigenvalue weighted by atomic mass is 9.81. The van der Waals surface area contributed by atoms with Crippen LogP contribution in [0.15, 0.2) is 0 Å². The number of hydrogen-bond donors (Lipinski definition) is 1. The molecule has 0 aliphatic heterocycles. The Hall–Kier alpha value is -1.46. The van der Waals surface area contributed by atoms with Gasteiger partial charge in [0, 0.05) is 6.04 Å². The quantitative estimate of drug-likeness (QED) is 0.143. The Morgan fingerprint density at radius 2 is 1.31 bits per heavy atom. The molecule has 1 aliphatic rings. The van der Waals surface area contributed by atoms with Gasteiger partial charge in [0.1, 0.15) is 5.60 Å². The van der Waals surface area contributed by atoms with E-state index in [2.05, 4.69) is 19.2 Å². The van der Waals surface area contributed by atoms with Gasteiger partial charge in [0.25, 0.3) is 0 Å². The fourth-order valence-electron chi connectivity index (χ4n) is 4.62. The molecule has 0 atom stereocenters. The molecule has 206 valence electrons. The van der Waals surface area contributed by atoms with E-state index in [1.54, 1.807) is 0 Å². The van der Waals surface area contributed by atoms with E-state index in [-0.39, 0.29) is 18.1 Å². The number of carbonyl (C=O) groups excluding carboxylic acids is 2. The molecule has 1 aliphatic carbocycles. The molecule has 0 saturated heterocycles. The highest BCUT2D eigenvalue weighted by atomic mass is 16.7. The Kier molecular flexibility index (Phi) is 16.9. The van der Waals surface area contributed by atoms with Crippen molar-refractivity contribution >= 4 is 12.2 Å². The van der Waals surface area contributed by atoms with Crippen molar-refractivity contribution in [3.63, 3.8) is 0 Å². The monoisotopic (exact) mass is 497 g/mol. The second-order valence-corrected chi connectivity index (χ2v) is 11.5. The molecule has 0 heterocycles. The first-order valence-electron chi connectivity index (χ1n) is 14.5. The maximum Gasteiger partial charge on any atom is 0.508 e. The van der Waals surface area contributed by atoms with E-state index in [9.17, 15) is 9.59 Å². The molecule has 1 amide bonds. The molecule has 1 fully saturated rings. The Balaban J connectivity index is 2.22. The van der Waals surface area contributed by atoms with Gasteiger partial charge in [-0.2, -0.15) is 0 Å². The van der Waals surface area contributed by atoms with E-state index >= 15 is 0 Å². The van der Waals surface area contributed by atoms with Gasteiger partial charge >= 0.3 is 12.2 Å². The molecule has 1 rings (SSSR count). The minimum atomic E-state index is -0.551. The topological polar surface area (TPSA) is 73.9 Å². The first-order valence-corrected chi connectivity index (χ1v) is 14.5. The van der Waals surface area contributed by atoms with E-state index in [1.807, 2.05) is 20.8 Å². The van der Waals surface area contributed by atoms with E-state index in [1.165, 1.54) is 77.0 Å². The van der Waals surface area contributed by atoms with E-state index < -0.39 is 11.8 Å². The average molecular weight is 498 g/mol. The van der Waals surface area contributed by atoms with Gasteiger partial charge in [0.2, 0.25) is 0 Å². The molecule has 0 bridgehead atoms. The van der Waals surface area contributed by atoms with Crippen molar-refractivity contribution in [2.45, 2.75) is 149 Å². The van der Waals surface area contributed by atoms with Gasteiger partial charge in [-0.1, -0.05) is 90.9 Å². The molecule has 6 heteroatoms. The normalized spacial score (nSPS) is 17.7. The summed E-state index contributed by atoms with van der Waals surface area (Å²) >= 11 is 0. The number of alkyl carbamates (subject to hydrolysis) is 1. The third-order valence-electron chi connectivity index (χ3n) is 6.76. The highest BCUT2D eigenvalue weighted by Crippen LogP contribution is 2.28. The molecule has 0 aromatic rings. The summed E-state index contributed by atoms with van der Waals surface area (Å²) in [4.78, 5) is 24.0. The number of rotatable bonds is 19. The zero-order valence-electron chi connectivity index (χ0n) is 23.5. The Morgan fingerprint density at radius 1 is 0.800 bits per heavy atom.